The maximum Gasteiger partial charge on any atom is 0.224 e. The fourth-order valence-electron chi connectivity index (χ4n) is 3.96. The summed E-state index contributed by atoms with van der Waals surface area (Å²) >= 11 is 0. The smallest absolute Gasteiger partial charge is 0.224 e. The van der Waals surface area contributed by atoms with E-state index in [-0.39, 0.29) is 5.54 Å². The summed E-state index contributed by atoms with van der Waals surface area (Å²) in [7, 11) is 2.03. The van der Waals surface area contributed by atoms with Crippen molar-refractivity contribution in [3.63, 3.8) is 0 Å². The topological polar surface area (TPSA) is 32.3 Å². The van der Waals surface area contributed by atoms with Gasteiger partial charge in [-0.25, -0.2) is 0 Å². The quantitative estimate of drug-likeness (QED) is 0.857. The molecule has 0 unspecified atom stereocenters. The molecule has 3 heteroatoms. The van der Waals surface area contributed by atoms with Crippen LogP contribution < -0.4 is 5.32 Å². The van der Waals surface area contributed by atoms with Crippen molar-refractivity contribution >= 4 is 5.91 Å². The lowest BCUT2D eigenvalue weighted by molar-refractivity contribution is -0.134. The van der Waals surface area contributed by atoms with Crippen molar-refractivity contribution in [2.24, 2.45) is 11.8 Å². The molecular formula is C17H32N2O. The molecule has 1 aliphatic carbocycles. The van der Waals surface area contributed by atoms with E-state index in [4.69, 9.17) is 0 Å². The number of likely N-dealkylation sites (tertiary alicyclic amines) is 1. The highest BCUT2D eigenvalue weighted by Crippen LogP contribution is 2.32. The zero-order valence-corrected chi connectivity index (χ0v) is 13.6. The van der Waals surface area contributed by atoms with Crippen LogP contribution in [0.2, 0.25) is 0 Å². The molecule has 0 spiro atoms. The first-order chi connectivity index (χ1) is 9.56. The lowest BCUT2D eigenvalue weighted by atomic mass is 9.78. The van der Waals surface area contributed by atoms with Gasteiger partial charge >= 0.3 is 0 Å². The Labute approximate surface area is 124 Å². The van der Waals surface area contributed by atoms with E-state index in [1.54, 1.807) is 0 Å². The Morgan fingerprint density at radius 3 is 2.30 bits per heavy atom. The van der Waals surface area contributed by atoms with E-state index < -0.39 is 0 Å². The van der Waals surface area contributed by atoms with Crippen LogP contribution in [0.1, 0.15) is 65.2 Å². The van der Waals surface area contributed by atoms with Gasteiger partial charge in [-0.15, -0.1) is 0 Å². The average molecular weight is 280 g/mol. The Morgan fingerprint density at radius 2 is 1.80 bits per heavy atom. The second kappa shape index (κ2) is 6.93. The van der Waals surface area contributed by atoms with Crippen molar-refractivity contribution in [2.75, 3.05) is 20.1 Å². The third kappa shape index (κ3) is 3.75. The van der Waals surface area contributed by atoms with Crippen LogP contribution in [0, 0.1) is 11.8 Å². The van der Waals surface area contributed by atoms with E-state index in [0.717, 1.165) is 37.8 Å². The van der Waals surface area contributed by atoms with Crippen LogP contribution in [-0.4, -0.2) is 36.5 Å². The van der Waals surface area contributed by atoms with E-state index in [2.05, 4.69) is 24.1 Å². The predicted octanol–water partition coefficient (Wildman–Crippen LogP) is 3.19. The average Bonchev–Trinajstić information content (AvgIpc) is 2.48. The summed E-state index contributed by atoms with van der Waals surface area (Å²) in [6.07, 6.45) is 9.28. The van der Waals surface area contributed by atoms with Crippen molar-refractivity contribution in [2.45, 2.75) is 70.8 Å². The number of nitrogens with one attached hydrogen (secondary N) is 1. The van der Waals surface area contributed by atoms with E-state index in [1.165, 1.54) is 32.1 Å². The van der Waals surface area contributed by atoms with E-state index >= 15 is 0 Å². The molecule has 3 nitrogen and oxygen atoms in total. The number of amides is 1. The van der Waals surface area contributed by atoms with Gasteiger partial charge < -0.3 is 10.2 Å². The van der Waals surface area contributed by atoms with Crippen molar-refractivity contribution in [1.29, 1.82) is 0 Å². The Kier molecular flexibility index (Phi) is 5.48. The Hall–Kier alpha value is -0.570. The van der Waals surface area contributed by atoms with E-state index in [9.17, 15) is 4.79 Å². The van der Waals surface area contributed by atoms with Crippen LogP contribution in [0.15, 0.2) is 0 Å². The maximum atomic E-state index is 12.6. The minimum atomic E-state index is 0.0875. The van der Waals surface area contributed by atoms with Gasteiger partial charge in [-0.1, -0.05) is 33.1 Å². The molecule has 0 aromatic heterocycles. The molecular weight excluding hydrogens is 248 g/mol. The summed E-state index contributed by atoms with van der Waals surface area (Å²) in [6, 6.07) is 0. The maximum absolute atomic E-state index is 12.6. The molecule has 0 bridgehead atoms. The molecule has 1 N–H and O–H groups in total. The number of hydrogen-bond donors (Lipinski definition) is 1. The normalized spacial score (nSPS) is 24.1. The molecule has 1 saturated heterocycles. The van der Waals surface area contributed by atoms with Gasteiger partial charge in [-0.2, -0.15) is 0 Å². The molecule has 2 rings (SSSR count). The van der Waals surface area contributed by atoms with Crippen molar-refractivity contribution < 1.29 is 4.79 Å². The minimum absolute atomic E-state index is 0.0875. The summed E-state index contributed by atoms with van der Waals surface area (Å²) in [5.74, 6) is 1.95. The number of carbonyl (C=O) groups is 1. The molecule has 0 atom stereocenters. The third-order valence-corrected chi connectivity index (χ3v) is 5.67. The second-order valence-electron chi connectivity index (χ2n) is 7.23. The highest BCUT2D eigenvalue weighted by atomic mass is 16.2. The largest absolute Gasteiger partial charge is 0.343 e. The summed E-state index contributed by atoms with van der Waals surface area (Å²) in [5.41, 5.74) is 0.0875. The lowest BCUT2D eigenvalue weighted by Gasteiger charge is -2.40. The van der Waals surface area contributed by atoms with Gasteiger partial charge in [0.05, 0.1) is 0 Å². The van der Waals surface area contributed by atoms with Gasteiger partial charge in [0, 0.05) is 25.0 Å². The molecule has 1 heterocycles. The van der Waals surface area contributed by atoms with Crippen LogP contribution >= 0.6 is 0 Å². The van der Waals surface area contributed by atoms with E-state index in [1.807, 2.05) is 7.05 Å². The fourth-order valence-corrected chi connectivity index (χ4v) is 3.96. The second-order valence-corrected chi connectivity index (χ2v) is 7.23. The number of piperidine rings is 1. The highest BCUT2D eigenvalue weighted by Gasteiger charge is 2.35. The molecule has 2 aliphatic rings. The monoisotopic (exact) mass is 280 g/mol. The predicted molar refractivity (Wildman–Crippen MR) is 83.6 cm³/mol. The first-order valence-corrected chi connectivity index (χ1v) is 8.53. The molecule has 1 saturated carbocycles. The van der Waals surface area contributed by atoms with Crippen LogP contribution in [0.25, 0.3) is 0 Å². The molecule has 0 aromatic carbocycles. The van der Waals surface area contributed by atoms with Gasteiger partial charge in [0.25, 0.3) is 0 Å². The summed E-state index contributed by atoms with van der Waals surface area (Å²) in [6.45, 7) is 6.56. The molecule has 0 aromatic rings. The molecule has 0 radical (unpaired) electrons. The van der Waals surface area contributed by atoms with Crippen LogP contribution in [0.5, 0.6) is 0 Å². The summed E-state index contributed by atoms with van der Waals surface area (Å²) < 4.78 is 0. The van der Waals surface area contributed by atoms with Crippen LogP contribution in [0.3, 0.4) is 0 Å². The number of hydrogen-bond acceptors (Lipinski definition) is 2. The molecule has 20 heavy (non-hydrogen) atoms. The van der Waals surface area contributed by atoms with Crippen LogP contribution in [0.4, 0.5) is 0 Å². The molecule has 116 valence electrons. The third-order valence-electron chi connectivity index (χ3n) is 5.67. The first-order valence-electron chi connectivity index (χ1n) is 8.53. The molecule has 1 aliphatic heterocycles. The Morgan fingerprint density at radius 1 is 1.20 bits per heavy atom. The zero-order valence-electron chi connectivity index (χ0n) is 13.6. The van der Waals surface area contributed by atoms with Gasteiger partial charge in [0.1, 0.15) is 0 Å². The number of rotatable bonds is 4. The Balaban J connectivity index is 1.85. The van der Waals surface area contributed by atoms with Gasteiger partial charge in [-0.05, 0) is 44.6 Å². The lowest BCUT2D eigenvalue weighted by Crippen LogP contribution is -2.50. The number of nitrogens with zero attached hydrogens (tertiary/aromatic N) is 1. The van der Waals surface area contributed by atoms with E-state index in [0.29, 0.717) is 12.3 Å². The molecule has 2 fully saturated rings. The van der Waals surface area contributed by atoms with Crippen LogP contribution in [-0.2, 0) is 4.79 Å². The standard InChI is InChI=1S/C17H32N2O/c1-14(2)15-7-11-19(12-8-15)16(20)13-17(18-3)9-5-4-6-10-17/h14-15,18H,4-13H2,1-3H3. The van der Waals surface area contributed by atoms with Gasteiger partial charge in [0.2, 0.25) is 5.91 Å². The first kappa shape index (κ1) is 15.8. The Bertz CT molecular complexity index is 313. The van der Waals surface area contributed by atoms with Crippen molar-refractivity contribution in [3.05, 3.63) is 0 Å². The molecule has 1 amide bonds. The summed E-state index contributed by atoms with van der Waals surface area (Å²) in [4.78, 5) is 14.7. The minimum Gasteiger partial charge on any atom is -0.343 e. The SMILES string of the molecule is CNC1(CC(=O)N2CCC(C(C)C)CC2)CCCCC1. The van der Waals surface area contributed by atoms with Crippen molar-refractivity contribution in [1.82, 2.24) is 10.2 Å². The highest BCUT2D eigenvalue weighted by molar-refractivity contribution is 5.77. The summed E-state index contributed by atoms with van der Waals surface area (Å²) in [5, 5.41) is 3.47. The van der Waals surface area contributed by atoms with Crippen molar-refractivity contribution in [3.8, 4) is 0 Å². The fraction of sp³-hybridized carbons (Fsp3) is 0.941. The number of carbonyl (C=O) groups excluding carboxylic acids is 1. The van der Waals surface area contributed by atoms with Gasteiger partial charge in [0.15, 0.2) is 0 Å². The zero-order chi connectivity index (χ0) is 14.6. The van der Waals surface area contributed by atoms with Gasteiger partial charge in [-0.3, -0.25) is 4.79 Å².